The lowest BCUT2D eigenvalue weighted by molar-refractivity contribution is -0.122. The van der Waals surface area contributed by atoms with E-state index in [2.05, 4.69) is 15.6 Å². The van der Waals surface area contributed by atoms with Crippen LogP contribution in [-0.2, 0) is 25.9 Å². The Morgan fingerprint density at radius 1 is 1.00 bits per heavy atom. The number of sulfone groups is 1. The highest BCUT2D eigenvalue weighted by atomic mass is 32.2. The van der Waals surface area contributed by atoms with Gasteiger partial charge in [0.2, 0.25) is 9.84 Å². The number of carbonyl (C=O) groups is 2. The molecule has 0 saturated carbocycles. The molecule has 0 spiro atoms. The summed E-state index contributed by atoms with van der Waals surface area (Å²) in [6, 6.07) is 15.0. The van der Waals surface area contributed by atoms with Gasteiger partial charge < -0.3 is 9.30 Å². The van der Waals surface area contributed by atoms with Gasteiger partial charge in [0.15, 0.2) is 0 Å². The van der Waals surface area contributed by atoms with Gasteiger partial charge in [-0.25, -0.2) is 18.6 Å². The lowest BCUT2D eigenvalue weighted by Gasteiger charge is -2.07. The Hall–Kier alpha value is -3.33. The van der Waals surface area contributed by atoms with Gasteiger partial charge in [0.1, 0.15) is 6.54 Å². The summed E-state index contributed by atoms with van der Waals surface area (Å²) in [5.41, 5.74) is 4.85. The van der Waals surface area contributed by atoms with Crippen LogP contribution in [0.4, 0.5) is 4.79 Å². The molecule has 0 atom stereocenters. The van der Waals surface area contributed by atoms with Crippen molar-refractivity contribution in [2.45, 2.75) is 16.3 Å². The summed E-state index contributed by atoms with van der Waals surface area (Å²) in [6.45, 7) is -0.186. The van der Waals surface area contributed by atoms with E-state index in [0.717, 1.165) is 0 Å². The van der Waals surface area contributed by atoms with Gasteiger partial charge in [0, 0.05) is 17.1 Å². The average Bonchev–Trinajstić information content (AvgIpc) is 3.06. The van der Waals surface area contributed by atoms with E-state index in [1.54, 1.807) is 42.5 Å². The molecule has 2 amide bonds. The monoisotopic (exact) mass is 387 g/mol. The number of methoxy groups -OCH3 is 1. The summed E-state index contributed by atoms with van der Waals surface area (Å²) in [7, 11) is -2.58. The molecule has 0 saturated heterocycles. The second kappa shape index (κ2) is 7.50. The van der Waals surface area contributed by atoms with Crippen LogP contribution < -0.4 is 10.9 Å². The smallest absolute Gasteiger partial charge is 0.425 e. The van der Waals surface area contributed by atoms with E-state index in [-0.39, 0.29) is 16.3 Å². The van der Waals surface area contributed by atoms with Crippen molar-refractivity contribution in [2.75, 3.05) is 7.11 Å². The lowest BCUT2D eigenvalue weighted by atomic mass is 10.2. The lowest BCUT2D eigenvalue weighted by Crippen LogP contribution is -2.43. The topological polar surface area (TPSA) is 106 Å². The summed E-state index contributed by atoms with van der Waals surface area (Å²) < 4.78 is 31.9. The standard InChI is InChI=1S/C18H17N3O5S/c1-26-18(23)20-19-17(22)12-21-11-16(14-9-5-6-10-15(14)21)27(24,25)13-7-3-2-4-8-13/h2-11H,12H2,1H3,(H,19,22)(H,20,23). The van der Waals surface area contributed by atoms with Crippen molar-refractivity contribution < 1.29 is 22.7 Å². The van der Waals surface area contributed by atoms with Crippen LogP contribution in [0.25, 0.3) is 10.9 Å². The minimum absolute atomic E-state index is 0.109. The van der Waals surface area contributed by atoms with Gasteiger partial charge in [0.05, 0.1) is 16.9 Å². The number of ether oxygens (including phenoxy) is 1. The molecule has 0 aliphatic heterocycles. The van der Waals surface area contributed by atoms with Crippen LogP contribution in [0.15, 0.2) is 70.6 Å². The Bertz CT molecular complexity index is 1090. The Labute approximate surface area is 155 Å². The molecule has 0 unspecified atom stereocenters. The van der Waals surface area contributed by atoms with Crippen molar-refractivity contribution in [3.63, 3.8) is 0 Å². The van der Waals surface area contributed by atoms with Gasteiger partial charge in [-0.05, 0) is 18.2 Å². The Kier molecular flexibility index (Phi) is 5.13. The van der Waals surface area contributed by atoms with Crippen LogP contribution in [-0.4, -0.2) is 32.1 Å². The zero-order valence-corrected chi connectivity index (χ0v) is 15.2. The molecule has 0 aliphatic carbocycles. The third kappa shape index (κ3) is 3.77. The van der Waals surface area contributed by atoms with E-state index in [1.807, 2.05) is 0 Å². The zero-order valence-electron chi connectivity index (χ0n) is 14.4. The number of amides is 2. The minimum atomic E-state index is -3.75. The van der Waals surface area contributed by atoms with Crippen molar-refractivity contribution in [3.05, 3.63) is 60.8 Å². The van der Waals surface area contributed by atoms with Crippen LogP contribution >= 0.6 is 0 Å². The minimum Gasteiger partial charge on any atom is -0.452 e. The molecule has 140 valence electrons. The molecule has 2 aromatic carbocycles. The number of hydrogen-bond acceptors (Lipinski definition) is 5. The number of hydrogen-bond donors (Lipinski definition) is 2. The summed E-state index contributed by atoms with van der Waals surface area (Å²) >= 11 is 0. The largest absolute Gasteiger partial charge is 0.452 e. The number of nitrogens with one attached hydrogen (secondary N) is 2. The van der Waals surface area contributed by atoms with Gasteiger partial charge in [-0.2, -0.15) is 0 Å². The first-order valence-corrected chi connectivity index (χ1v) is 9.42. The van der Waals surface area contributed by atoms with Crippen LogP contribution in [0.5, 0.6) is 0 Å². The van der Waals surface area contributed by atoms with E-state index in [0.29, 0.717) is 10.9 Å². The Morgan fingerprint density at radius 3 is 2.37 bits per heavy atom. The third-order valence-corrected chi connectivity index (χ3v) is 5.70. The molecule has 0 aliphatic rings. The molecular formula is C18H17N3O5S. The van der Waals surface area contributed by atoms with Gasteiger partial charge in [-0.3, -0.25) is 10.2 Å². The molecular weight excluding hydrogens is 370 g/mol. The van der Waals surface area contributed by atoms with Gasteiger partial charge >= 0.3 is 6.09 Å². The van der Waals surface area contributed by atoms with E-state index < -0.39 is 21.8 Å². The molecule has 27 heavy (non-hydrogen) atoms. The highest BCUT2D eigenvalue weighted by molar-refractivity contribution is 7.91. The number of hydrazine groups is 1. The number of benzene rings is 2. The molecule has 8 nitrogen and oxygen atoms in total. The van der Waals surface area contributed by atoms with Crippen molar-refractivity contribution in [3.8, 4) is 0 Å². The van der Waals surface area contributed by atoms with Crippen LogP contribution in [0.1, 0.15) is 0 Å². The van der Waals surface area contributed by atoms with Crippen LogP contribution in [0, 0.1) is 0 Å². The Morgan fingerprint density at radius 2 is 1.67 bits per heavy atom. The summed E-state index contributed by atoms with van der Waals surface area (Å²) in [5, 5.41) is 0.509. The summed E-state index contributed by atoms with van der Waals surface area (Å²) in [4.78, 5) is 23.4. The second-order valence-corrected chi connectivity index (χ2v) is 7.54. The number of para-hydroxylation sites is 1. The Balaban J connectivity index is 1.97. The molecule has 0 fully saturated rings. The maximum Gasteiger partial charge on any atom is 0.425 e. The van der Waals surface area contributed by atoms with E-state index in [1.165, 1.54) is 30.0 Å². The highest BCUT2D eigenvalue weighted by Gasteiger charge is 2.23. The molecule has 1 heterocycles. The van der Waals surface area contributed by atoms with E-state index in [4.69, 9.17) is 0 Å². The fourth-order valence-electron chi connectivity index (χ4n) is 2.65. The van der Waals surface area contributed by atoms with Gasteiger partial charge in [-0.1, -0.05) is 36.4 Å². The van der Waals surface area contributed by atoms with E-state index >= 15 is 0 Å². The number of nitrogens with zero attached hydrogens (tertiary/aromatic N) is 1. The number of fused-ring (bicyclic) bond motifs is 1. The predicted octanol–water partition coefficient (Wildman–Crippen LogP) is 1.86. The second-order valence-electron chi connectivity index (χ2n) is 5.62. The molecule has 9 heteroatoms. The van der Waals surface area contributed by atoms with E-state index in [9.17, 15) is 18.0 Å². The molecule has 3 rings (SSSR count). The zero-order chi connectivity index (χ0) is 19.4. The van der Waals surface area contributed by atoms with Crippen molar-refractivity contribution >= 4 is 32.7 Å². The van der Waals surface area contributed by atoms with Crippen LogP contribution in [0.3, 0.4) is 0 Å². The molecule has 3 aromatic rings. The van der Waals surface area contributed by atoms with Gasteiger partial charge in [-0.15, -0.1) is 0 Å². The summed E-state index contributed by atoms with van der Waals surface area (Å²) in [6.07, 6.45) is 0.609. The van der Waals surface area contributed by atoms with Crippen LogP contribution in [0.2, 0.25) is 0 Å². The number of rotatable bonds is 4. The first-order chi connectivity index (χ1) is 12.9. The SMILES string of the molecule is COC(=O)NNC(=O)Cn1cc(S(=O)(=O)c2ccccc2)c2ccccc21. The van der Waals surface area contributed by atoms with Crippen molar-refractivity contribution in [1.29, 1.82) is 0 Å². The van der Waals surface area contributed by atoms with Crippen molar-refractivity contribution in [2.24, 2.45) is 0 Å². The van der Waals surface area contributed by atoms with Crippen molar-refractivity contribution in [1.82, 2.24) is 15.4 Å². The molecule has 0 radical (unpaired) electrons. The quantitative estimate of drug-likeness (QED) is 0.665. The average molecular weight is 387 g/mol. The fourth-order valence-corrected chi connectivity index (χ4v) is 4.15. The first-order valence-electron chi connectivity index (χ1n) is 7.94. The molecule has 2 N–H and O–H groups in total. The maximum absolute atomic E-state index is 13.0. The molecule has 0 bridgehead atoms. The highest BCUT2D eigenvalue weighted by Crippen LogP contribution is 2.30. The maximum atomic E-state index is 13.0. The van der Waals surface area contributed by atoms with Gasteiger partial charge in [0.25, 0.3) is 5.91 Å². The fraction of sp³-hybridized carbons (Fsp3) is 0.111. The number of aromatic nitrogens is 1. The molecule has 1 aromatic heterocycles. The normalized spacial score (nSPS) is 11.1. The first kappa shape index (κ1) is 18.5. The number of carbonyl (C=O) groups excluding carboxylic acids is 2. The summed E-state index contributed by atoms with van der Waals surface area (Å²) in [5.74, 6) is -0.537. The third-order valence-electron chi connectivity index (χ3n) is 3.90. The predicted molar refractivity (Wildman–Crippen MR) is 97.5 cm³/mol.